The van der Waals surface area contributed by atoms with Gasteiger partial charge in [0.1, 0.15) is 11.8 Å². The van der Waals surface area contributed by atoms with Crippen LogP contribution in [-0.4, -0.2) is 21.8 Å². The Kier molecular flexibility index (Phi) is 4.55. The van der Waals surface area contributed by atoms with Gasteiger partial charge in [0.05, 0.1) is 17.1 Å². The van der Waals surface area contributed by atoms with Crippen LogP contribution in [0.15, 0.2) is 52.5 Å². The van der Waals surface area contributed by atoms with Crippen molar-refractivity contribution in [1.29, 1.82) is 0 Å². The quantitative estimate of drug-likeness (QED) is 0.646. The summed E-state index contributed by atoms with van der Waals surface area (Å²) < 4.78 is 5.49. The Bertz CT molecular complexity index is 1010. The number of imide groups is 1. The van der Waals surface area contributed by atoms with E-state index in [1.807, 2.05) is 41.8 Å². The lowest BCUT2D eigenvalue weighted by atomic mass is 9.90. The fourth-order valence-corrected chi connectivity index (χ4v) is 3.95. The SMILES string of the molecule is CC(C)c1ccc(C2(C)NC(=O)N(Cc3coc(-c4cccs4)n3)C2=O)cc1. The van der Waals surface area contributed by atoms with Crippen molar-refractivity contribution in [2.24, 2.45) is 0 Å². The molecule has 1 fully saturated rings. The van der Waals surface area contributed by atoms with Crippen LogP contribution < -0.4 is 5.32 Å². The molecule has 0 radical (unpaired) electrons. The molecule has 1 saturated heterocycles. The largest absolute Gasteiger partial charge is 0.443 e. The lowest BCUT2D eigenvalue weighted by Gasteiger charge is -2.22. The number of amides is 3. The molecule has 0 saturated carbocycles. The molecule has 3 heterocycles. The van der Waals surface area contributed by atoms with Crippen LogP contribution in [0.2, 0.25) is 0 Å². The van der Waals surface area contributed by atoms with Gasteiger partial charge in [-0.2, -0.15) is 0 Å². The fraction of sp³-hybridized carbons (Fsp3) is 0.286. The van der Waals surface area contributed by atoms with E-state index in [9.17, 15) is 9.59 Å². The second-order valence-corrected chi connectivity index (χ2v) is 8.29. The van der Waals surface area contributed by atoms with E-state index in [2.05, 4.69) is 24.1 Å². The number of hydrogen-bond acceptors (Lipinski definition) is 5. The van der Waals surface area contributed by atoms with E-state index in [-0.39, 0.29) is 12.5 Å². The van der Waals surface area contributed by atoms with Gasteiger partial charge in [-0.1, -0.05) is 44.2 Å². The maximum atomic E-state index is 13.1. The molecule has 3 aromatic rings. The van der Waals surface area contributed by atoms with Gasteiger partial charge in [-0.15, -0.1) is 11.3 Å². The highest BCUT2D eigenvalue weighted by Gasteiger charge is 2.49. The molecular weight excluding hydrogens is 374 g/mol. The Morgan fingerprint density at radius 2 is 1.96 bits per heavy atom. The molecule has 2 aromatic heterocycles. The van der Waals surface area contributed by atoms with Crippen molar-refractivity contribution < 1.29 is 14.0 Å². The first-order valence-corrected chi connectivity index (χ1v) is 9.99. The van der Waals surface area contributed by atoms with Crippen molar-refractivity contribution in [3.8, 4) is 10.8 Å². The van der Waals surface area contributed by atoms with Crippen molar-refractivity contribution in [3.63, 3.8) is 0 Å². The number of aromatic nitrogens is 1. The van der Waals surface area contributed by atoms with E-state index < -0.39 is 11.6 Å². The van der Waals surface area contributed by atoms with Crippen LogP contribution in [0.4, 0.5) is 4.79 Å². The normalized spacial score (nSPS) is 19.5. The molecule has 0 spiro atoms. The van der Waals surface area contributed by atoms with Gasteiger partial charge in [0.15, 0.2) is 0 Å². The highest BCUT2D eigenvalue weighted by molar-refractivity contribution is 7.13. The van der Waals surface area contributed by atoms with Gasteiger partial charge in [-0.05, 0) is 35.4 Å². The van der Waals surface area contributed by atoms with Gasteiger partial charge < -0.3 is 9.73 Å². The first-order chi connectivity index (χ1) is 13.4. The van der Waals surface area contributed by atoms with Crippen molar-refractivity contribution in [3.05, 3.63) is 64.9 Å². The summed E-state index contributed by atoms with van der Waals surface area (Å²) in [7, 11) is 0. The van der Waals surface area contributed by atoms with Gasteiger partial charge >= 0.3 is 6.03 Å². The Morgan fingerprint density at radius 1 is 1.21 bits per heavy atom. The first kappa shape index (κ1) is 18.4. The average molecular weight is 395 g/mol. The van der Waals surface area contributed by atoms with Crippen LogP contribution >= 0.6 is 11.3 Å². The lowest BCUT2D eigenvalue weighted by molar-refractivity contribution is -0.131. The van der Waals surface area contributed by atoms with Crippen LogP contribution in [0.25, 0.3) is 10.8 Å². The molecule has 0 bridgehead atoms. The fourth-order valence-electron chi connectivity index (χ4n) is 3.29. The summed E-state index contributed by atoms with van der Waals surface area (Å²) in [4.78, 5) is 32.1. The second kappa shape index (κ2) is 6.91. The zero-order valence-electron chi connectivity index (χ0n) is 15.9. The van der Waals surface area contributed by atoms with Gasteiger partial charge in [0, 0.05) is 0 Å². The van der Waals surface area contributed by atoms with Gasteiger partial charge in [-0.25, -0.2) is 9.78 Å². The van der Waals surface area contributed by atoms with E-state index in [1.54, 1.807) is 6.92 Å². The summed E-state index contributed by atoms with van der Waals surface area (Å²) in [6, 6.07) is 11.2. The number of benzene rings is 1. The monoisotopic (exact) mass is 395 g/mol. The lowest BCUT2D eigenvalue weighted by Crippen LogP contribution is -2.40. The number of hydrogen-bond donors (Lipinski definition) is 1. The third-order valence-electron chi connectivity index (χ3n) is 5.03. The van der Waals surface area contributed by atoms with Crippen molar-refractivity contribution in [1.82, 2.24) is 15.2 Å². The van der Waals surface area contributed by atoms with Crippen molar-refractivity contribution >= 4 is 23.3 Å². The van der Waals surface area contributed by atoms with Crippen LogP contribution in [0.5, 0.6) is 0 Å². The third kappa shape index (κ3) is 3.11. The Labute approximate surface area is 167 Å². The Balaban J connectivity index is 1.55. The maximum absolute atomic E-state index is 13.1. The average Bonchev–Trinajstić information content (AvgIpc) is 3.40. The molecule has 28 heavy (non-hydrogen) atoms. The molecule has 144 valence electrons. The summed E-state index contributed by atoms with van der Waals surface area (Å²) >= 11 is 1.52. The van der Waals surface area contributed by atoms with Crippen LogP contribution in [0, 0.1) is 0 Å². The zero-order valence-corrected chi connectivity index (χ0v) is 16.7. The van der Waals surface area contributed by atoms with Crippen molar-refractivity contribution in [2.45, 2.75) is 38.8 Å². The summed E-state index contributed by atoms with van der Waals surface area (Å²) in [5.41, 5.74) is 1.39. The smallest absolute Gasteiger partial charge is 0.325 e. The number of thiophene rings is 1. The molecular formula is C21H21N3O3S. The predicted octanol–water partition coefficient (Wildman–Crippen LogP) is 4.49. The van der Waals surface area contributed by atoms with E-state index in [0.717, 1.165) is 10.4 Å². The highest BCUT2D eigenvalue weighted by Crippen LogP contribution is 2.31. The minimum Gasteiger partial charge on any atom is -0.443 e. The molecule has 1 aliphatic rings. The number of urea groups is 1. The number of carbonyl (C=O) groups excluding carboxylic acids is 2. The van der Waals surface area contributed by atoms with E-state index in [0.29, 0.717) is 17.5 Å². The maximum Gasteiger partial charge on any atom is 0.325 e. The molecule has 1 unspecified atom stereocenters. The van der Waals surface area contributed by atoms with E-state index in [1.165, 1.54) is 28.1 Å². The molecule has 1 atom stereocenters. The molecule has 1 N–H and O–H groups in total. The van der Waals surface area contributed by atoms with Gasteiger partial charge in [0.2, 0.25) is 5.89 Å². The minimum absolute atomic E-state index is 0.0687. The first-order valence-electron chi connectivity index (χ1n) is 9.11. The number of nitrogens with zero attached hydrogens (tertiary/aromatic N) is 2. The summed E-state index contributed by atoms with van der Waals surface area (Å²) in [6.07, 6.45) is 1.49. The summed E-state index contributed by atoms with van der Waals surface area (Å²) in [6.45, 7) is 6.03. The van der Waals surface area contributed by atoms with Crippen molar-refractivity contribution in [2.75, 3.05) is 0 Å². The molecule has 1 aromatic carbocycles. The third-order valence-corrected chi connectivity index (χ3v) is 5.89. The second-order valence-electron chi connectivity index (χ2n) is 7.34. The highest BCUT2D eigenvalue weighted by atomic mass is 32.1. The standard InChI is InChI=1S/C21H21N3O3S/c1-13(2)14-6-8-15(9-7-14)21(3)19(25)24(20(26)23-21)11-16-12-27-18(22-16)17-5-4-10-28-17/h4-10,12-13H,11H2,1-3H3,(H,23,26). The summed E-state index contributed by atoms with van der Waals surface area (Å²) in [5.74, 6) is 0.594. The minimum atomic E-state index is -1.09. The Morgan fingerprint density at radius 3 is 2.61 bits per heavy atom. The van der Waals surface area contributed by atoms with Gasteiger partial charge in [0.25, 0.3) is 5.91 Å². The molecule has 4 rings (SSSR count). The molecule has 0 aliphatic carbocycles. The van der Waals surface area contributed by atoms with E-state index >= 15 is 0 Å². The van der Waals surface area contributed by atoms with E-state index in [4.69, 9.17) is 4.42 Å². The number of rotatable bonds is 5. The molecule has 3 amide bonds. The molecule has 1 aliphatic heterocycles. The molecule has 7 heteroatoms. The van der Waals surface area contributed by atoms with Crippen LogP contribution in [0.3, 0.4) is 0 Å². The van der Waals surface area contributed by atoms with Crippen LogP contribution in [-0.2, 0) is 16.9 Å². The summed E-state index contributed by atoms with van der Waals surface area (Å²) in [5, 5.41) is 4.77. The number of carbonyl (C=O) groups is 2. The van der Waals surface area contributed by atoms with Crippen LogP contribution in [0.1, 0.15) is 43.5 Å². The zero-order chi connectivity index (χ0) is 19.9. The topological polar surface area (TPSA) is 75.4 Å². The molecule has 6 nitrogen and oxygen atoms in total. The van der Waals surface area contributed by atoms with Gasteiger partial charge in [-0.3, -0.25) is 9.69 Å². The number of oxazole rings is 1. The Hall–Kier alpha value is -2.93. The number of nitrogens with one attached hydrogen (secondary N) is 1. The predicted molar refractivity (Wildman–Crippen MR) is 107 cm³/mol.